The molecule has 9 heteroatoms. The Morgan fingerprint density at radius 3 is 2.17 bits per heavy atom. The van der Waals surface area contributed by atoms with E-state index in [-0.39, 0.29) is 5.28 Å². The molecule has 0 fully saturated rings. The fraction of sp³-hybridized carbons (Fsp3) is 0. The first-order valence-electron chi connectivity index (χ1n) is 16.6. The van der Waals surface area contributed by atoms with E-state index in [2.05, 4.69) is 40.3 Å². The van der Waals surface area contributed by atoms with Gasteiger partial charge in [0.05, 0.1) is 16.2 Å². The molecule has 0 saturated carbocycles. The predicted octanol–water partition coefficient (Wildman–Crippen LogP) is 11.8. The Bertz CT molecular complexity index is 3160. The zero-order valence-corrected chi connectivity index (χ0v) is 28.5. The van der Waals surface area contributed by atoms with E-state index < -0.39 is 0 Å². The van der Waals surface area contributed by atoms with Crippen molar-refractivity contribution in [1.29, 1.82) is 0 Å². The molecule has 0 N–H and O–H groups in total. The molecule has 0 bridgehead atoms. The average Bonchev–Trinajstić information content (AvgIpc) is 3.89. The quantitative estimate of drug-likeness (QED) is 0.133. The zero-order chi connectivity index (χ0) is 34.3. The Hall–Kier alpha value is -6.57. The van der Waals surface area contributed by atoms with Crippen LogP contribution < -0.4 is 0 Å². The van der Waals surface area contributed by atoms with Crippen molar-refractivity contribution in [3.63, 3.8) is 0 Å². The van der Waals surface area contributed by atoms with Crippen LogP contribution in [0.2, 0.25) is 5.28 Å². The first-order valence-corrected chi connectivity index (χ1v) is 17.8. The fourth-order valence-electron chi connectivity index (χ4n) is 7.16. The van der Waals surface area contributed by atoms with E-state index >= 15 is 0 Å². The van der Waals surface area contributed by atoms with E-state index in [1.165, 1.54) is 4.88 Å². The molecule has 7 nitrogen and oxygen atoms in total. The number of allylic oxidation sites excluding steroid dienone is 2. The topological polar surface area (TPSA) is 90.7 Å². The van der Waals surface area contributed by atoms with E-state index in [4.69, 9.17) is 35.4 Å². The Kier molecular flexibility index (Phi) is 6.30. The van der Waals surface area contributed by atoms with Gasteiger partial charge in [0.15, 0.2) is 23.1 Å². The van der Waals surface area contributed by atoms with Crippen molar-refractivity contribution >= 4 is 89.2 Å². The van der Waals surface area contributed by atoms with Crippen LogP contribution in [0, 0.1) is 6.08 Å². The van der Waals surface area contributed by atoms with Gasteiger partial charge in [0.2, 0.25) is 5.28 Å². The second kappa shape index (κ2) is 11.2. The lowest BCUT2D eigenvalue weighted by molar-refractivity contribution is 0.662. The zero-order valence-electron chi connectivity index (χ0n) is 27.0. The number of rotatable bonds is 4. The van der Waals surface area contributed by atoms with Gasteiger partial charge in [0, 0.05) is 44.5 Å². The van der Waals surface area contributed by atoms with Crippen LogP contribution in [0.3, 0.4) is 0 Å². The highest BCUT2D eigenvalue weighted by molar-refractivity contribution is 7.20. The maximum absolute atomic E-state index is 6.67. The van der Waals surface area contributed by atoms with Crippen LogP contribution in [-0.2, 0) is 0 Å². The molecular formula is C43H21ClN5O2S+. The summed E-state index contributed by atoms with van der Waals surface area (Å²) in [5, 5.41) is 3.91. The summed E-state index contributed by atoms with van der Waals surface area (Å²) >= 11 is 8.27. The normalized spacial score (nSPS) is 12.4. The highest BCUT2D eigenvalue weighted by atomic mass is 35.5. The van der Waals surface area contributed by atoms with Gasteiger partial charge in [-0.1, -0.05) is 72.8 Å². The molecule has 0 aliphatic heterocycles. The Morgan fingerprint density at radius 1 is 0.577 bits per heavy atom. The molecule has 0 saturated heterocycles. The maximum atomic E-state index is 6.67. The fourth-order valence-corrected chi connectivity index (χ4v) is 8.52. The number of aromatic nitrogens is 5. The average molecular weight is 707 g/mol. The van der Waals surface area contributed by atoms with Crippen molar-refractivity contribution in [2.75, 3.05) is 0 Å². The van der Waals surface area contributed by atoms with Crippen molar-refractivity contribution in [3.8, 4) is 45.4 Å². The summed E-state index contributed by atoms with van der Waals surface area (Å²) in [5.74, 6) is 1.72. The summed E-state index contributed by atoms with van der Waals surface area (Å²) in [7, 11) is 0. The number of hydrogen-bond donors (Lipinski definition) is 0. The highest BCUT2D eigenvalue weighted by Crippen LogP contribution is 2.44. The van der Waals surface area contributed by atoms with Gasteiger partial charge in [0.25, 0.3) is 0 Å². The van der Waals surface area contributed by atoms with Crippen molar-refractivity contribution in [1.82, 2.24) is 24.9 Å². The first kappa shape index (κ1) is 29.2. The van der Waals surface area contributed by atoms with Crippen LogP contribution in [0.25, 0.3) is 112 Å². The van der Waals surface area contributed by atoms with Crippen molar-refractivity contribution in [2.45, 2.75) is 0 Å². The number of thiophene rings is 1. The number of furan rings is 2. The van der Waals surface area contributed by atoms with Gasteiger partial charge in [0.1, 0.15) is 50.6 Å². The molecule has 5 aromatic heterocycles. The second-order valence-corrected chi connectivity index (χ2v) is 13.8. The molecule has 5 heterocycles. The molecule has 0 spiro atoms. The van der Waals surface area contributed by atoms with Crippen LogP contribution in [0.4, 0.5) is 0 Å². The summed E-state index contributed by atoms with van der Waals surface area (Å²) in [6, 6.07) is 36.0. The van der Waals surface area contributed by atoms with E-state index in [9.17, 15) is 0 Å². The third kappa shape index (κ3) is 4.39. The molecule has 242 valence electrons. The minimum Gasteiger partial charge on any atom is -0.455 e. The van der Waals surface area contributed by atoms with Gasteiger partial charge in [-0.2, -0.15) is 0 Å². The van der Waals surface area contributed by atoms with Gasteiger partial charge in [-0.15, -0.1) is 11.3 Å². The van der Waals surface area contributed by atoms with Crippen LogP contribution in [0.1, 0.15) is 10.4 Å². The Labute approximate surface area is 304 Å². The van der Waals surface area contributed by atoms with Gasteiger partial charge >= 0.3 is 0 Å². The van der Waals surface area contributed by atoms with E-state index in [1.54, 1.807) is 11.3 Å². The lowest BCUT2D eigenvalue weighted by atomic mass is 10.0. The molecule has 11 rings (SSSR count). The third-order valence-corrected chi connectivity index (χ3v) is 10.8. The second-order valence-electron chi connectivity index (χ2n) is 12.5. The minimum absolute atomic E-state index is 0.126. The molecule has 0 radical (unpaired) electrons. The molecule has 5 aromatic carbocycles. The lowest BCUT2D eigenvalue weighted by Gasteiger charge is -2.09. The van der Waals surface area contributed by atoms with Gasteiger partial charge in [-0.05, 0) is 48.0 Å². The lowest BCUT2D eigenvalue weighted by Crippen LogP contribution is -2.00. The molecule has 10 aromatic rings. The molecule has 52 heavy (non-hydrogen) atoms. The molecule has 1 aliphatic rings. The number of para-hydroxylation sites is 2. The van der Waals surface area contributed by atoms with Gasteiger partial charge in [-0.3, -0.25) is 0 Å². The van der Waals surface area contributed by atoms with Crippen molar-refractivity contribution < 1.29 is 8.83 Å². The summed E-state index contributed by atoms with van der Waals surface area (Å²) in [5.41, 5.74) is 8.35. The smallest absolute Gasteiger partial charge is 0.223 e. The summed E-state index contributed by atoms with van der Waals surface area (Å²) in [4.78, 5) is 25.8. The van der Waals surface area contributed by atoms with E-state index in [0.717, 1.165) is 54.1 Å². The number of halogens is 1. The monoisotopic (exact) mass is 706 g/mol. The first-order chi connectivity index (χ1) is 25.7. The SMILES string of the molecule is Clc1nc(-c2cccc3c2oc2cccc(-c4nc(-c5ccccc5)nc(-c5cccc6c7c(sc56)C=C[C+]=C7)n4)c23)c2oc3ccccc3c2n1. The van der Waals surface area contributed by atoms with Gasteiger partial charge < -0.3 is 8.83 Å². The molecule has 0 atom stereocenters. The summed E-state index contributed by atoms with van der Waals surface area (Å²) < 4.78 is 14.1. The number of nitrogens with zero attached hydrogens (tertiary/aromatic N) is 5. The van der Waals surface area contributed by atoms with Gasteiger partial charge in [-0.25, -0.2) is 24.9 Å². The maximum Gasteiger partial charge on any atom is 0.223 e. The van der Waals surface area contributed by atoms with Crippen molar-refractivity contribution in [3.05, 3.63) is 137 Å². The highest BCUT2D eigenvalue weighted by Gasteiger charge is 2.25. The molecule has 0 amide bonds. The summed E-state index contributed by atoms with van der Waals surface area (Å²) in [6.45, 7) is 0. The van der Waals surface area contributed by atoms with Crippen LogP contribution in [0.15, 0.2) is 124 Å². The Morgan fingerprint density at radius 2 is 1.27 bits per heavy atom. The van der Waals surface area contributed by atoms with E-state index in [1.807, 2.05) is 103 Å². The van der Waals surface area contributed by atoms with Crippen molar-refractivity contribution in [2.24, 2.45) is 0 Å². The number of hydrogen-bond acceptors (Lipinski definition) is 8. The molecule has 0 unspecified atom stereocenters. The third-order valence-electron chi connectivity index (χ3n) is 9.46. The summed E-state index contributed by atoms with van der Waals surface area (Å²) in [6.07, 6.45) is 9.33. The minimum atomic E-state index is 0.126. The van der Waals surface area contributed by atoms with Crippen LogP contribution in [0.5, 0.6) is 0 Å². The number of benzene rings is 5. The number of fused-ring (bicyclic) bond motifs is 9. The largest absolute Gasteiger partial charge is 0.455 e. The van der Waals surface area contributed by atoms with E-state index in [0.29, 0.717) is 51.0 Å². The molecular weight excluding hydrogens is 686 g/mol. The predicted molar refractivity (Wildman–Crippen MR) is 209 cm³/mol. The van der Waals surface area contributed by atoms with Crippen LogP contribution in [-0.4, -0.2) is 24.9 Å². The Balaban J connectivity index is 1.16. The molecule has 1 aliphatic carbocycles. The van der Waals surface area contributed by atoms with Crippen LogP contribution >= 0.6 is 22.9 Å². The standard InChI is InChI=1S/C43H21ClN5O2S/c44-43-45-35-26-14-4-6-20-31(26)50-38(35)36(46-43)29-18-9-16-27-34-28(17-10-21-32(34)51-37(27)29)41-47-40(23-11-2-1-3-12-23)48-42(49-41)30-19-8-15-25-24-13-5-7-22-33(24)52-39(25)30/h1-4,6-22H/q+1.